The first-order chi connectivity index (χ1) is 13.1. The summed E-state index contributed by atoms with van der Waals surface area (Å²) in [5.74, 6) is 1.54. The molecule has 2 aromatic carbocycles. The second-order valence-corrected chi connectivity index (χ2v) is 5.87. The average Bonchev–Trinajstić information content (AvgIpc) is 2.68. The molecule has 1 heterocycles. The molecule has 0 aliphatic carbocycles. The summed E-state index contributed by atoms with van der Waals surface area (Å²) in [4.78, 5) is 4.29. The van der Waals surface area contributed by atoms with Crippen molar-refractivity contribution in [3.05, 3.63) is 66.1 Å². The number of aromatic nitrogens is 1. The minimum Gasteiger partial charge on any atom is -0.493 e. The van der Waals surface area contributed by atoms with Crippen molar-refractivity contribution in [2.45, 2.75) is 13.5 Å². The molecular formula is C21H22FN3O2. The van der Waals surface area contributed by atoms with Crippen molar-refractivity contribution in [3.8, 4) is 22.6 Å². The topological polar surface area (TPSA) is 69.4 Å². The summed E-state index contributed by atoms with van der Waals surface area (Å²) in [5, 5.41) is 3.21. The maximum atomic E-state index is 14.1. The summed E-state index contributed by atoms with van der Waals surface area (Å²) in [7, 11) is 1.61. The molecule has 0 spiro atoms. The Labute approximate surface area is 158 Å². The molecule has 0 fully saturated rings. The molecule has 5 nitrogen and oxygen atoms in total. The van der Waals surface area contributed by atoms with Gasteiger partial charge in [0.2, 0.25) is 0 Å². The number of nitrogen functional groups attached to an aromatic ring is 1. The number of nitrogens with one attached hydrogen (secondary N) is 1. The van der Waals surface area contributed by atoms with Gasteiger partial charge >= 0.3 is 0 Å². The average molecular weight is 367 g/mol. The number of halogens is 1. The number of anilines is 2. The van der Waals surface area contributed by atoms with Gasteiger partial charge < -0.3 is 20.5 Å². The summed E-state index contributed by atoms with van der Waals surface area (Å²) >= 11 is 0. The molecule has 0 amide bonds. The maximum Gasteiger partial charge on any atom is 0.161 e. The van der Waals surface area contributed by atoms with E-state index in [1.165, 1.54) is 6.07 Å². The van der Waals surface area contributed by atoms with Crippen LogP contribution in [-0.2, 0) is 6.54 Å². The number of rotatable bonds is 7. The lowest BCUT2D eigenvalue weighted by molar-refractivity contribution is 0.310. The third-order valence-electron chi connectivity index (χ3n) is 4.14. The first-order valence-corrected chi connectivity index (χ1v) is 8.67. The van der Waals surface area contributed by atoms with E-state index in [2.05, 4.69) is 10.3 Å². The molecular weight excluding hydrogens is 345 g/mol. The number of pyridine rings is 1. The van der Waals surface area contributed by atoms with Crippen molar-refractivity contribution in [2.75, 3.05) is 24.8 Å². The van der Waals surface area contributed by atoms with Crippen molar-refractivity contribution >= 4 is 11.5 Å². The molecule has 0 saturated heterocycles. The summed E-state index contributed by atoms with van der Waals surface area (Å²) in [6.07, 6.45) is 1.61. The van der Waals surface area contributed by atoms with Crippen LogP contribution in [0.5, 0.6) is 11.5 Å². The molecule has 0 atom stereocenters. The van der Waals surface area contributed by atoms with Crippen molar-refractivity contribution in [1.29, 1.82) is 0 Å². The standard InChI is InChI=1S/C21H22FN3O2/c1-3-27-19-12-14(8-9-18(19)26-2)13-25-21-20(23)16(10-11-24-21)15-6-4-5-7-17(15)22/h4-12H,3,13,23H2,1-2H3,(H,24,25). The van der Waals surface area contributed by atoms with E-state index in [0.29, 0.717) is 47.3 Å². The third kappa shape index (κ3) is 4.11. The van der Waals surface area contributed by atoms with Gasteiger partial charge in [-0.3, -0.25) is 0 Å². The van der Waals surface area contributed by atoms with Gasteiger partial charge in [0.25, 0.3) is 0 Å². The fraction of sp³-hybridized carbons (Fsp3) is 0.190. The molecule has 0 aliphatic heterocycles. The van der Waals surface area contributed by atoms with Crippen molar-refractivity contribution < 1.29 is 13.9 Å². The zero-order valence-corrected chi connectivity index (χ0v) is 15.3. The zero-order chi connectivity index (χ0) is 19.2. The number of hydrogen-bond acceptors (Lipinski definition) is 5. The number of hydrogen-bond donors (Lipinski definition) is 2. The highest BCUT2D eigenvalue weighted by molar-refractivity contribution is 5.83. The van der Waals surface area contributed by atoms with Gasteiger partial charge in [-0.25, -0.2) is 9.37 Å². The summed E-state index contributed by atoms with van der Waals surface area (Å²) in [5.41, 5.74) is 8.68. The minimum absolute atomic E-state index is 0.321. The fourth-order valence-electron chi connectivity index (χ4n) is 2.81. The van der Waals surface area contributed by atoms with E-state index >= 15 is 0 Å². The maximum absolute atomic E-state index is 14.1. The smallest absolute Gasteiger partial charge is 0.161 e. The van der Waals surface area contributed by atoms with Gasteiger partial charge in [-0.05, 0) is 36.8 Å². The zero-order valence-electron chi connectivity index (χ0n) is 15.3. The van der Waals surface area contributed by atoms with Crippen LogP contribution in [-0.4, -0.2) is 18.7 Å². The monoisotopic (exact) mass is 367 g/mol. The van der Waals surface area contributed by atoms with Crippen LogP contribution in [0.15, 0.2) is 54.7 Å². The van der Waals surface area contributed by atoms with Crippen LogP contribution < -0.4 is 20.5 Å². The number of ether oxygens (including phenoxy) is 2. The fourth-order valence-corrected chi connectivity index (χ4v) is 2.81. The molecule has 3 rings (SSSR count). The Morgan fingerprint density at radius 2 is 1.89 bits per heavy atom. The Kier molecular flexibility index (Phi) is 5.76. The molecule has 0 aliphatic rings. The lowest BCUT2D eigenvalue weighted by Crippen LogP contribution is -2.06. The normalized spacial score (nSPS) is 10.5. The molecule has 0 unspecified atom stereocenters. The van der Waals surface area contributed by atoms with E-state index in [9.17, 15) is 4.39 Å². The predicted octanol–water partition coefficient (Wildman–Crippen LogP) is 4.49. The van der Waals surface area contributed by atoms with Crippen molar-refractivity contribution in [3.63, 3.8) is 0 Å². The van der Waals surface area contributed by atoms with Crippen LogP contribution in [0.2, 0.25) is 0 Å². The Morgan fingerprint density at radius 3 is 2.63 bits per heavy atom. The van der Waals surface area contributed by atoms with Crippen LogP contribution in [0.4, 0.5) is 15.9 Å². The molecule has 27 heavy (non-hydrogen) atoms. The van der Waals surface area contributed by atoms with E-state index in [-0.39, 0.29) is 5.82 Å². The highest BCUT2D eigenvalue weighted by Gasteiger charge is 2.12. The minimum atomic E-state index is -0.321. The summed E-state index contributed by atoms with van der Waals surface area (Å²) in [6, 6.07) is 13.9. The van der Waals surface area contributed by atoms with Gasteiger partial charge in [0.1, 0.15) is 11.6 Å². The SMILES string of the molecule is CCOc1cc(CNc2nccc(-c3ccccc3F)c2N)ccc1OC. The van der Waals surface area contributed by atoms with Gasteiger partial charge in [0, 0.05) is 23.9 Å². The molecule has 6 heteroatoms. The second-order valence-electron chi connectivity index (χ2n) is 5.87. The summed E-state index contributed by atoms with van der Waals surface area (Å²) < 4.78 is 25.0. The highest BCUT2D eigenvalue weighted by Crippen LogP contribution is 2.32. The summed E-state index contributed by atoms with van der Waals surface area (Å²) in [6.45, 7) is 2.96. The van der Waals surface area contributed by atoms with Crippen molar-refractivity contribution in [1.82, 2.24) is 4.98 Å². The Morgan fingerprint density at radius 1 is 1.07 bits per heavy atom. The lowest BCUT2D eigenvalue weighted by Gasteiger charge is -2.14. The van der Waals surface area contributed by atoms with Crippen LogP contribution in [0.25, 0.3) is 11.1 Å². The largest absolute Gasteiger partial charge is 0.493 e. The van der Waals surface area contributed by atoms with Gasteiger partial charge in [0.15, 0.2) is 11.5 Å². The lowest BCUT2D eigenvalue weighted by atomic mass is 10.0. The molecule has 0 saturated carbocycles. The second kappa shape index (κ2) is 8.40. The number of methoxy groups -OCH3 is 1. The number of nitrogens with two attached hydrogens (primary N) is 1. The quantitative estimate of drug-likeness (QED) is 0.644. The Bertz CT molecular complexity index is 931. The van der Waals surface area contributed by atoms with Crippen LogP contribution in [0.1, 0.15) is 12.5 Å². The molecule has 0 radical (unpaired) electrons. The van der Waals surface area contributed by atoms with Gasteiger partial charge in [-0.1, -0.05) is 24.3 Å². The van der Waals surface area contributed by atoms with E-state index in [0.717, 1.165) is 5.56 Å². The van der Waals surface area contributed by atoms with Gasteiger partial charge in [0.05, 0.1) is 19.4 Å². The molecule has 3 aromatic rings. The van der Waals surface area contributed by atoms with E-state index in [1.807, 2.05) is 25.1 Å². The first kappa shape index (κ1) is 18.5. The number of nitrogens with zero attached hydrogens (tertiary/aromatic N) is 1. The molecule has 1 aromatic heterocycles. The van der Waals surface area contributed by atoms with Gasteiger partial charge in [-0.15, -0.1) is 0 Å². The van der Waals surface area contributed by atoms with Crippen LogP contribution in [0, 0.1) is 5.82 Å². The highest BCUT2D eigenvalue weighted by atomic mass is 19.1. The van der Waals surface area contributed by atoms with Crippen LogP contribution in [0.3, 0.4) is 0 Å². The third-order valence-corrected chi connectivity index (χ3v) is 4.14. The Balaban J connectivity index is 1.82. The van der Waals surface area contributed by atoms with Crippen LogP contribution >= 0.6 is 0 Å². The van der Waals surface area contributed by atoms with Gasteiger partial charge in [-0.2, -0.15) is 0 Å². The molecule has 0 bridgehead atoms. The predicted molar refractivity (Wildman–Crippen MR) is 106 cm³/mol. The first-order valence-electron chi connectivity index (χ1n) is 8.67. The molecule has 3 N–H and O–H groups in total. The van der Waals surface area contributed by atoms with E-state index < -0.39 is 0 Å². The Hall–Kier alpha value is -3.28. The van der Waals surface area contributed by atoms with E-state index in [4.69, 9.17) is 15.2 Å². The molecule has 140 valence electrons. The van der Waals surface area contributed by atoms with Crippen molar-refractivity contribution in [2.24, 2.45) is 0 Å². The number of benzene rings is 2. The van der Waals surface area contributed by atoms with E-state index in [1.54, 1.807) is 37.6 Å².